The molecule has 1 rings (SSSR count). The van der Waals surface area contributed by atoms with Crippen LogP contribution in [0.2, 0.25) is 0 Å². The Labute approximate surface area is 190 Å². The Balaban J connectivity index is 2.78. The monoisotopic (exact) mass is 468 g/mol. The van der Waals surface area contributed by atoms with Gasteiger partial charge >= 0.3 is 11.9 Å². The lowest BCUT2D eigenvalue weighted by molar-refractivity contribution is -0.142. The maximum absolute atomic E-state index is 12.6. The molecule has 176 valence electrons. The fourth-order valence-corrected chi connectivity index (χ4v) is 2.79. The van der Waals surface area contributed by atoms with Gasteiger partial charge in [0.1, 0.15) is 18.1 Å². The number of carbonyl (C=O) groups excluding carboxylic acids is 3. The molecule has 0 aliphatic rings. The number of hydrogen-bond donors (Lipinski definition) is 7. The van der Waals surface area contributed by atoms with E-state index in [0.29, 0.717) is 5.56 Å². The number of benzene rings is 1. The van der Waals surface area contributed by atoms with Crippen LogP contribution in [0, 0.1) is 0 Å². The molecule has 11 nitrogen and oxygen atoms in total. The average Bonchev–Trinajstić information content (AvgIpc) is 2.75. The van der Waals surface area contributed by atoms with E-state index >= 15 is 0 Å². The Morgan fingerprint density at radius 2 is 1.53 bits per heavy atom. The first kappa shape index (κ1) is 26.9. The van der Waals surface area contributed by atoms with Crippen molar-refractivity contribution in [3.05, 3.63) is 35.9 Å². The lowest BCUT2D eigenvalue weighted by Crippen LogP contribution is -2.56. The highest BCUT2D eigenvalue weighted by atomic mass is 32.1. The third-order valence-electron chi connectivity index (χ3n) is 4.46. The van der Waals surface area contributed by atoms with Gasteiger partial charge in [0, 0.05) is 18.6 Å². The molecule has 0 aliphatic heterocycles. The Morgan fingerprint density at radius 1 is 0.938 bits per heavy atom. The van der Waals surface area contributed by atoms with Crippen molar-refractivity contribution < 1.29 is 34.2 Å². The lowest BCUT2D eigenvalue weighted by Gasteiger charge is -2.23. The van der Waals surface area contributed by atoms with Crippen LogP contribution in [0.25, 0.3) is 0 Å². The molecule has 0 bridgehead atoms. The summed E-state index contributed by atoms with van der Waals surface area (Å²) < 4.78 is 0. The van der Waals surface area contributed by atoms with E-state index in [0.717, 1.165) is 0 Å². The van der Waals surface area contributed by atoms with Crippen LogP contribution in [-0.4, -0.2) is 69.8 Å². The molecule has 7 N–H and O–H groups in total. The third-order valence-corrected chi connectivity index (χ3v) is 4.86. The van der Waals surface area contributed by atoms with Gasteiger partial charge in [0.05, 0.1) is 6.04 Å². The van der Waals surface area contributed by atoms with Gasteiger partial charge in [0.2, 0.25) is 17.7 Å². The van der Waals surface area contributed by atoms with E-state index in [4.69, 9.17) is 10.8 Å². The van der Waals surface area contributed by atoms with Crippen molar-refractivity contribution in [2.75, 3.05) is 5.75 Å². The van der Waals surface area contributed by atoms with Gasteiger partial charge in [-0.1, -0.05) is 30.3 Å². The van der Waals surface area contributed by atoms with Crippen LogP contribution in [-0.2, 0) is 30.4 Å². The number of nitrogens with two attached hydrogens (primary N) is 1. The van der Waals surface area contributed by atoms with Gasteiger partial charge in [-0.15, -0.1) is 0 Å². The van der Waals surface area contributed by atoms with Crippen LogP contribution in [0.3, 0.4) is 0 Å². The SMILES string of the molecule is CC(NC(=O)C(CCC(=O)O)NC(=O)C(N)CS)C(=O)NC(Cc1ccccc1)C(=O)O. The largest absolute Gasteiger partial charge is 0.481 e. The van der Waals surface area contributed by atoms with Crippen LogP contribution in [0.4, 0.5) is 0 Å². The first-order chi connectivity index (χ1) is 15.0. The zero-order valence-electron chi connectivity index (χ0n) is 17.5. The van der Waals surface area contributed by atoms with Crippen LogP contribution in [0.15, 0.2) is 30.3 Å². The van der Waals surface area contributed by atoms with E-state index in [1.165, 1.54) is 6.92 Å². The van der Waals surface area contributed by atoms with Gasteiger partial charge in [0.15, 0.2) is 0 Å². The van der Waals surface area contributed by atoms with Crippen molar-refractivity contribution in [2.45, 2.75) is 50.4 Å². The molecular weight excluding hydrogens is 440 g/mol. The van der Waals surface area contributed by atoms with Gasteiger partial charge in [-0.3, -0.25) is 19.2 Å². The van der Waals surface area contributed by atoms with Gasteiger partial charge in [0.25, 0.3) is 0 Å². The summed E-state index contributed by atoms with van der Waals surface area (Å²) in [6, 6.07) is 4.07. The van der Waals surface area contributed by atoms with Gasteiger partial charge in [-0.25, -0.2) is 4.79 Å². The Kier molecular flexibility index (Phi) is 11.2. The summed E-state index contributed by atoms with van der Waals surface area (Å²) in [4.78, 5) is 59.4. The predicted octanol–water partition coefficient (Wildman–Crippen LogP) is -1.09. The van der Waals surface area contributed by atoms with Crippen LogP contribution < -0.4 is 21.7 Å². The number of thiol groups is 1. The van der Waals surface area contributed by atoms with Crippen molar-refractivity contribution in [3.63, 3.8) is 0 Å². The zero-order valence-corrected chi connectivity index (χ0v) is 18.4. The van der Waals surface area contributed by atoms with Gasteiger partial charge < -0.3 is 31.9 Å². The molecule has 1 aromatic carbocycles. The second-order valence-corrected chi connectivity index (χ2v) is 7.47. The molecule has 4 atom stereocenters. The number of carboxylic acids is 2. The summed E-state index contributed by atoms with van der Waals surface area (Å²) in [5.41, 5.74) is 6.26. The summed E-state index contributed by atoms with van der Waals surface area (Å²) in [6.45, 7) is 1.34. The minimum Gasteiger partial charge on any atom is -0.481 e. The average molecular weight is 469 g/mol. The zero-order chi connectivity index (χ0) is 24.3. The first-order valence-electron chi connectivity index (χ1n) is 9.81. The number of rotatable bonds is 13. The summed E-state index contributed by atoms with van der Waals surface area (Å²) in [7, 11) is 0. The van der Waals surface area contributed by atoms with E-state index in [-0.39, 0.29) is 18.6 Å². The van der Waals surface area contributed by atoms with Crippen molar-refractivity contribution in [3.8, 4) is 0 Å². The molecule has 4 unspecified atom stereocenters. The Morgan fingerprint density at radius 3 is 2.06 bits per heavy atom. The molecule has 0 saturated heterocycles. The van der Waals surface area contributed by atoms with E-state index in [1.54, 1.807) is 30.3 Å². The fourth-order valence-electron chi connectivity index (χ4n) is 2.62. The van der Waals surface area contributed by atoms with Gasteiger partial charge in [-0.2, -0.15) is 12.6 Å². The number of nitrogens with one attached hydrogen (secondary N) is 3. The Bertz CT molecular complexity index is 821. The number of hydrogen-bond acceptors (Lipinski definition) is 7. The van der Waals surface area contributed by atoms with Crippen LogP contribution in [0.5, 0.6) is 0 Å². The molecular formula is C20H28N4O7S. The second kappa shape index (κ2) is 13.3. The first-order valence-corrected chi connectivity index (χ1v) is 10.4. The highest BCUT2D eigenvalue weighted by Gasteiger charge is 2.28. The summed E-state index contributed by atoms with van der Waals surface area (Å²) in [5.74, 6) is -4.66. The van der Waals surface area contributed by atoms with Crippen molar-refractivity contribution >= 4 is 42.3 Å². The maximum atomic E-state index is 12.6. The normalized spacial score (nSPS) is 14.3. The van der Waals surface area contributed by atoms with Crippen molar-refractivity contribution in [2.24, 2.45) is 5.73 Å². The minimum atomic E-state index is -1.25. The minimum absolute atomic E-state index is 0.00982. The summed E-state index contributed by atoms with van der Waals surface area (Å²) in [5, 5.41) is 25.4. The molecule has 0 saturated carbocycles. The molecule has 0 aliphatic carbocycles. The summed E-state index contributed by atoms with van der Waals surface area (Å²) >= 11 is 3.90. The quantitative estimate of drug-likeness (QED) is 0.178. The Hall–Kier alpha value is -3.12. The predicted molar refractivity (Wildman–Crippen MR) is 118 cm³/mol. The van der Waals surface area contributed by atoms with Gasteiger partial charge in [-0.05, 0) is 18.9 Å². The highest BCUT2D eigenvalue weighted by Crippen LogP contribution is 2.05. The molecule has 0 radical (unpaired) electrons. The smallest absolute Gasteiger partial charge is 0.326 e. The van der Waals surface area contributed by atoms with E-state index in [9.17, 15) is 29.1 Å². The van der Waals surface area contributed by atoms with E-state index < -0.39 is 60.2 Å². The number of amides is 3. The van der Waals surface area contributed by atoms with Crippen molar-refractivity contribution in [1.82, 2.24) is 16.0 Å². The molecule has 12 heteroatoms. The number of aliphatic carboxylic acids is 2. The number of carbonyl (C=O) groups is 5. The van der Waals surface area contributed by atoms with Crippen LogP contribution in [0.1, 0.15) is 25.3 Å². The third kappa shape index (κ3) is 9.35. The van der Waals surface area contributed by atoms with E-state index in [2.05, 4.69) is 28.6 Å². The molecule has 0 aromatic heterocycles. The lowest BCUT2D eigenvalue weighted by atomic mass is 10.1. The van der Waals surface area contributed by atoms with Crippen LogP contribution >= 0.6 is 12.6 Å². The second-order valence-electron chi connectivity index (χ2n) is 7.10. The molecule has 0 heterocycles. The highest BCUT2D eigenvalue weighted by molar-refractivity contribution is 7.80. The maximum Gasteiger partial charge on any atom is 0.326 e. The standard InChI is InChI=1S/C20H28N4O7S/c1-11(17(27)24-15(20(30)31)9-12-5-3-2-4-6-12)22-19(29)14(7-8-16(25)26)23-18(28)13(21)10-32/h2-6,11,13-15,32H,7-10,21H2,1H3,(H,22,29)(H,23,28)(H,24,27)(H,25,26)(H,30,31). The molecule has 32 heavy (non-hydrogen) atoms. The fraction of sp³-hybridized carbons (Fsp3) is 0.450. The molecule has 1 aromatic rings. The van der Waals surface area contributed by atoms with E-state index in [1.807, 2.05) is 0 Å². The summed E-state index contributed by atoms with van der Waals surface area (Å²) in [6.07, 6.45) is -0.596. The number of carboxylic acid groups (broad SMARTS) is 2. The molecule has 3 amide bonds. The topological polar surface area (TPSA) is 188 Å². The molecule has 0 fully saturated rings. The van der Waals surface area contributed by atoms with Crippen molar-refractivity contribution in [1.29, 1.82) is 0 Å². The molecule has 0 spiro atoms.